The van der Waals surface area contributed by atoms with Crippen molar-refractivity contribution in [1.82, 2.24) is 10.6 Å². The van der Waals surface area contributed by atoms with Gasteiger partial charge in [0, 0.05) is 11.1 Å². The first kappa shape index (κ1) is 22.4. The summed E-state index contributed by atoms with van der Waals surface area (Å²) in [5.41, 5.74) is -2.09. The largest absolute Gasteiger partial charge is 0.469 e. The summed E-state index contributed by atoms with van der Waals surface area (Å²) in [6, 6.07) is 0. The van der Waals surface area contributed by atoms with Crippen molar-refractivity contribution in [3.8, 4) is 0 Å². The molecule has 8 saturated carbocycles. The van der Waals surface area contributed by atoms with Crippen LogP contribution in [0.5, 0.6) is 0 Å². The van der Waals surface area contributed by atoms with Gasteiger partial charge in [-0.2, -0.15) is 0 Å². The first-order valence-corrected chi connectivity index (χ1v) is 12.9. The Kier molecular flexibility index (Phi) is 4.73. The monoisotopic (exact) mass is 472 g/mol. The van der Waals surface area contributed by atoms with E-state index in [1.54, 1.807) is 0 Å². The zero-order chi connectivity index (χ0) is 23.9. The van der Waals surface area contributed by atoms with Crippen LogP contribution in [0.15, 0.2) is 0 Å². The molecule has 8 aliphatic rings. The molecule has 8 aliphatic carbocycles. The topological polar surface area (TPSA) is 111 Å². The quantitative estimate of drug-likeness (QED) is 0.480. The molecule has 34 heavy (non-hydrogen) atoms. The highest BCUT2D eigenvalue weighted by Crippen LogP contribution is 2.63. The fourth-order valence-electron chi connectivity index (χ4n) is 10.3. The van der Waals surface area contributed by atoms with E-state index in [1.807, 2.05) is 0 Å². The van der Waals surface area contributed by atoms with Crippen molar-refractivity contribution in [1.29, 1.82) is 0 Å². The highest BCUT2D eigenvalue weighted by molar-refractivity contribution is 6.35. The number of rotatable bonds is 4. The molecule has 0 aromatic rings. The van der Waals surface area contributed by atoms with E-state index in [-0.39, 0.29) is 11.9 Å². The van der Waals surface area contributed by atoms with Crippen LogP contribution >= 0.6 is 0 Å². The van der Waals surface area contributed by atoms with Gasteiger partial charge in [0.05, 0.1) is 25.0 Å². The van der Waals surface area contributed by atoms with Crippen molar-refractivity contribution >= 4 is 23.8 Å². The van der Waals surface area contributed by atoms with Crippen LogP contribution in [0.3, 0.4) is 0 Å². The van der Waals surface area contributed by atoms with Crippen LogP contribution < -0.4 is 10.6 Å². The number of carbonyl (C=O) groups excluding carboxylic acids is 4. The second-order valence-electron chi connectivity index (χ2n) is 12.9. The smallest absolute Gasteiger partial charge is 0.311 e. The molecule has 186 valence electrons. The molecule has 0 radical (unpaired) electrons. The number of amides is 2. The minimum atomic E-state index is -0.607. The average Bonchev–Trinajstić information content (AvgIpc) is 2.75. The minimum absolute atomic E-state index is 0.175. The molecule has 0 aromatic carbocycles. The second-order valence-corrected chi connectivity index (χ2v) is 12.9. The highest BCUT2D eigenvalue weighted by Gasteiger charge is 2.63. The number of methoxy groups -OCH3 is 2. The van der Waals surface area contributed by atoms with Crippen LogP contribution in [-0.4, -0.2) is 49.1 Å². The van der Waals surface area contributed by atoms with Crippen molar-refractivity contribution in [2.24, 2.45) is 34.5 Å². The number of hydrogen-bond acceptors (Lipinski definition) is 6. The molecule has 2 amide bonds. The van der Waals surface area contributed by atoms with Crippen molar-refractivity contribution in [3.05, 3.63) is 0 Å². The summed E-state index contributed by atoms with van der Waals surface area (Å²) < 4.78 is 10.3. The van der Waals surface area contributed by atoms with E-state index >= 15 is 0 Å². The predicted octanol–water partition coefficient (Wildman–Crippen LogP) is 2.24. The van der Waals surface area contributed by atoms with E-state index in [9.17, 15) is 19.2 Å². The van der Waals surface area contributed by atoms with Gasteiger partial charge in [0.25, 0.3) is 0 Å². The molecule has 4 unspecified atom stereocenters. The number of carbonyl (C=O) groups is 4. The van der Waals surface area contributed by atoms with E-state index in [0.29, 0.717) is 36.5 Å². The van der Waals surface area contributed by atoms with E-state index in [0.717, 1.165) is 64.2 Å². The summed E-state index contributed by atoms with van der Waals surface area (Å²) in [5, 5.41) is 6.21. The zero-order valence-electron chi connectivity index (χ0n) is 20.2. The molecule has 0 aliphatic heterocycles. The van der Waals surface area contributed by atoms with Gasteiger partial charge in [-0.05, 0) is 101 Å². The fraction of sp³-hybridized carbons (Fsp3) is 0.846. The molecule has 0 heterocycles. The molecule has 8 bridgehead atoms. The van der Waals surface area contributed by atoms with Crippen molar-refractivity contribution in [2.75, 3.05) is 14.2 Å². The molecule has 8 nitrogen and oxygen atoms in total. The lowest BCUT2D eigenvalue weighted by Crippen LogP contribution is -2.68. The third-order valence-electron chi connectivity index (χ3n) is 10.3. The predicted molar refractivity (Wildman–Crippen MR) is 120 cm³/mol. The number of nitrogens with one attached hydrogen (secondary N) is 2. The van der Waals surface area contributed by atoms with Crippen LogP contribution in [0.4, 0.5) is 0 Å². The lowest BCUT2D eigenvalue weighted by Gasteiger charge is -2.61. The standard InChI is InChI=1S/C26H36N2O6/c1-33-21(31)23-5-15-3-16(6-23)10-25(9-15,13-23)27-19(29)20(30)28-26-11-17-4-18(12-26)8-24(7-17,14-26)22(32)34-2/h15-18H,3-14H2,1-2H3,(H,27,29)(H,28,30). The first-order valence-electron chi connectivity index (χ1n) is 12.9. The lowest BCUT2D eigenvalue weighted by atomic mass is 9.46. The van der Waals surface area contributed by atoms with Crippen LogP contribution in [-0.2, 0) is 28.7 Å². The molecule has 0 aromatic heterocycles. The first-order chi connectivity index (χ1) is 16.1. The molecule has 2 N–H and O–H groups in total. The minimum Gasteiger partial charge on any atom is -0.469 e. The fourth-order valence-corrected chi connectivity index (χ4v) is 10.3. The Bertz CT molecular complexity index is 855. The van der Waals surface area contributed by atoms with Gasteiger partial charge in [-0.3, -0.25) is 19.2 Å². The van der Waals surface area contributed by atoms with E-state index in [1.165, 1.54) is 14.2 Å². The summed E-state index contributed by atoms with van der Waals surface area (Å²) >= 11 is 0. The Balaban J connectivity index is 1.18. The van der Waals surface area contributed by atoms with Gasteiger partial charge in [0.15, 0.2) is 0 Å². The summed E-state index contributed by atoms with van der Waals surface area (Å²) in [5.74, 6) is -0.0375. The summed E-state index contributed by atoms with van der Waals surface area (Å²) in [6.07, 6.45) is 9.85. The molecular weight excluding hydrogens is 436 g/mol. The van der Waals surface area contributed by atoms with Gasteiger partial charge in [-0.1, -0.05) is 0 Å². The average molecular weight is 473 g/mol. The third kappa shape index (κ3) is 3.23. The van der Waals surface area contributed by atoms with Crippen molar-refractivity contribution in [3.63, 3.8) is 0 Å². The maximum Gasteiger partial charge on any atom is 0.311 e. The lowest BCUT2D eigenvalue weighted by molar-refractivity contribution is -0.175. The molecule has 4 atom stereocenters. The SMILES string of the molecule is COC(=O)C12CC3CC(CC(NC(=O)C(=O)NC45CC6CC(C4)CC(C(=O)OC)(C6)C5)(C3)C1)C2. The molecule has 8 rings (SSSR count). The summed E-state index contributed by atoms with van der Waals surface area (Å²) in [6.45, 7) is 0. The van der Waals surface area contributed by atoms with Gasteiger partial charge >= 0.3 is 23.8 Å². The Hall–Kier alpha value is -2.12. The van der Waals surface area contributed by atoms with Gasteiger partial charge < -0.3 is 20.1 Å². The van der Waals surface area contributed by atoms with Gasteiger partial charge in [0.2, 0.25) is 0 Å². The Morgan fingerprint density at radius 1 is 0.588 bits per heavy atom. The van der Waals surface area contributed by atoms with Crippen molar-refractivity contribution < 1.29 is 28.7 Å². The van der Waals surface area contributed by atoms with E-state index in [4.69, 9.17) is 9.47 Å². The van der Waals surface area contributed by atoms with E-state index < -0.39 is 33.7 Å². The Morgan fingerprint density at radius 2 is 0.912 bits per heavy atom. The third-order valence-corrected chi connectivity index (χ3v) is 10.3. The molecule has 0 saturated heterocycles. The normalized spacial score (nSPS) is 47.2. The molecule has 8 fully saturated rings. The van der Waals surface area contributed by atoms with Crippen LogP contribution in [0.2, 0.25) is 0 Å². The second kappa shape index (κ2) is 7.20. The van der Waals surface area contributed by atoms with Gasteiger partial charge in [-0.25, -0.2) is 0 Å². The Morgan fingerprint density at radius 3 is 1.21 bits per heavy atom. The number of hydrogen-bond donors (Lipinski definition) is 2. The molecule has 8 heteroatoms. The summed E-state index contributed by atoms with van der Waals surface area (Å²) in [4.78, 5) is 51.9. The van der Waals surface area contributed by atoms with Crippen LogP contribution in [0.1, 0.15) is 77.0 Å². The van der Waals surface area contributed by atoms with Crippen LogP contribution in [0.25, 0.3) is 0 Å². The summed E-state index contributed by atoms with van der Waals surface area (Å²) in [7, 11) is 2.87. The highest BCUT2D eigenvalue weighted by atomic mass is 16.5. The Labute approximate surface area is 200 Å². The van der Waals surface area contributed by atoms with E-state index in [2.05, 4.69) is 10.6 Å². The van der Waals surface area contributed by atoms with Gasteiger partial charge in [-0.15, -0.1) is 0 Å². The zero-order valence-corrected chi connectivity index (χ0v) is 20.2. The molecular formula is C26H36N2O6. The number of esters is 2. The van der Waals surface area contributed by atoms with Crippen LogP contribution in [0, 0.1) is 34.5 Å². The maximum atomic E-state index is 13.2. The molecule has 0 spiro atoms. The van der Waals surface area contributed by atoms with Crippen molar-refractivity contribution in [2.45, 2.75) is 88.1 Å². The number of ether oxygens (including phenoxy) is 2. The maximum absolute atomic E-state index is 13.2. The van der Waals surface area contributed by atoms with Gasteiger partial charge in [0.1, 0.15) is 0 Å².